The molecule has 2 aromatic heterocycles. The molecule has 0 saturated heterocycles. The Labute approximate surface area is 153 Å². The smallest absolute Gasteiger partial charge is 0.341 e. The Morgan fingerprint density at radius 2 is 2.12 bits per heavy atom. The van der Waals surface area contributed by atoms with Gasteiger partial charge in [0.15, 0.2) is 5.78 Å². The number of rotatable bonds is 7. The molecular formula is C16H18ClN3O4S. The first kappa shape index (κ1) is 19.1. The van der Waals surface area contributed by atoms with Crippen LogP contribution < -0.4 is 5.32 Å². The maximum atomic E-state index is 12.2. The minimum atomic E-state index is -0.557. The van der Waals surface area contributed by atoms with E-state index in [4.69, 9.17) is 16.3 Å². The van der Waals surface area contributed by atoms with E-state index in [1.54, 1.807) is 24.7 Å². The highest BCUT2D eigenvalue weighted by Gasteiger charge is 2.25. The van der Waals surface area contributed by atoms with E-state index in [0.29, 0.717) is 27.0 Å². The minimum Gasteiger partial charge on any atom is -0.462 e. The molecule has 7 nitrogen and oxygen atoms in total. The van der Waals surface area contributed by atoms with Crippen LogP contribution in [0.4, 0.5) is 5.00 Å². The van der Waals surface area contributed by atoms with Gasteiger partial charge in [0.1, 0.15) is 5.00 Å². The average Bonchev–Trinajstić information content (AvgIpc) is 3.09. The fourth-order valence-corrected chi connectivity index (χ4v) is 3.51. The number of aryl methyl sites for hydroxylation is 1. The molecule has 0 fully saturated rings. The Kier molecular flexibility index (Phi) is 6.33. The van der Waals surface area contributed by atoms with Crippen molar-refractivity contribution in [3.63, 3.8) is 0 Å². The number of thiophene rings is 1. The quantitative estimate of drug-likeness (QED) is 0.585. The van der Waals surface area contributed by atoms with Gasteiger partial charge in [0.2, 0.25) is 5.91 Å². The van der Waals surface area contributed by atoms with Crippen LogP contribution in [0.5, 0.6) is 0 Å². The fraction of sp³-hybridized carbons (Fsp3) is 0.375. The van der Waals surface area contributed by atoms with E-state index in [-0.39, 0.29) is 30.3 Å². The van der Waals surface area contributed by atoms with Gasteiger partial charge in [-0.05, 0) is 26.3 Å². The number of halogens is 1. The van der Waals surface area contributed by atoms with E-state index in [2.05, 4.69) is 10.4 Å². The van der Waals surface area contributed by atoms with Crippen molar-refractivity contribution in [2.75, 3.05) is 11.9 Å². The van der Waals surface area contributed by atoms with Crippen LogP contribution in [-0.2, 0) is 16.1 Å². The van der Waals surface area contributed by atoms with Crippen LogP contribution in [0.2, 0.25) is 5.02 Å². The molecule has 2 rings (SSSR count). The lowest BCUT2D eigenvalue weighted by Gasteiger charge is -2.07. The molecule has 9 heteroatoms. The molecule has 0 aliphatic rings. The SMILES string of the molecule is CCOC(=O)c1c(NC(=O)CCn2cc(Cl)cn2)sc(C(C)=O)c1C. The van der Waals surface area contributed by atoms with E-state index in [0.717, 1.165) is 11.3 Å². The number of nitrogens with zero attached hydrogens (tertiary/aromatic N) is 2. The molecule has 25 heavy (non-hydrogen) atoms. The molecule has 0 aromatic carbocycles. The van der Waals surface area contributed by atoms with E-state index >= 15 is 0 Å². The summed E-state index contributed by atoms with van der Waals surface area (Å²) in [6.07, 6.45) is 3.24. The normalized spacial score (nSPS) is 10.6. The largest absolute Gasteiger partial charge is 0.462 e. The Balaban J connectivity index is 2.16. The van der Waals surface area contributed by atoms with E-state index in [9.17, 15) is 14.4 Å². The molecular weight excluding hydrogens is 366 g/mol. The van der Waals surface area contributed by atoms with Gasteiger partial charge in [-0.3, -0.25) is 14.3 Å². The molecule has 2 aromatic rings. The molecule has 0 atom stereocenters. The van der Waals surface area contributed by atoms with Crippen molar-refractivity contribution >= 4 is 45.6 Å². The average molecular weight is 384 g/mol. The number of esters is 1. The van der Waals surface area contributed by atoms with Crippen molar-refractivity contribution in [1.82, 2.24) is 9.78 Å². The highest BCUT2D eigenvalue weighted by Crippen LogP contribution is 2.34. The van der Waals surface area contributed by atoms with Crippen molar-refractivity contribution < 1.29 is 19.1 Å². The summed E-state index contributed by atoms with van der Waals surface area (Å²) in [4.78, 5) is 36.5. The van der Waals surface area contributed by atoms with Crippen LogP contribution >= 0.6 is 22.9 Å². The molecule has 134 valence electrons. The van der Waals surface area contributed by atoms with Gasteiger partial charge in [-0.15, -0.1) is 11.3 Å². The second-order valence-electron chi connectivity index (χ2n) is 5.26. The van der Waals surface area contributed by atoms with E-state index in [1.165, 1.54) is 13.1 Å². The summed E-state index contributed by atoms with van der Waals surface area (Å²) >= 11 is 6.85. The third kappa shape index (κ3) is 4.67. The van der Waals surface area contributed by atoms with E-state index < -0.39 is 5.97 Å². The number of anilines is 1. The van der Waals surface area contributed by atoms with Crippen molar-refractivity contribution in [1.29, 1.82) is 0 Å². The van der Waals surface area contributed by atoms with Gasteiger partial charge >= 0.3 is 5.97 Å². The van der Waals surface area contributed by atoms with Crippen LogP contribution in [0, 0.1) is 6.92 Å². The molecule has 0 bridgehead atoms. The molecule has 0 unspecified atom stereocenters. The second kappa shape index (κ2) is 8.26. The Morgan fingerprint density at radius 1 is 1.40 bits per heavy atom. The van der Waals surface area contributed by atoms with Gasteiger partial charge < -0.3 is 10.1 Å². The first-order valence-electron chi connectivity index (χ1n) is 7.62. The van der Waals surface area contributed by atoms with Gasteiger partial charge in [-0.25, -0.2) is 4.79 Å². The zero-order valence-electron chi connectivity index (χ0n) is 14.1. The van der Waals surface area contributed by atoms with Crippen molar-refractivity contribution in [2.24, 2.45) is 0 Å². The monoisotopic (exact) mass is 383 g/mol. The molecule has 0 aliphatic carbocycles. The maximum Gasteiger partial charge on any atom is 0.341 e. The molecule has 0 radical (unpaired) electrons. The zero-order chi connectivity index (χ0) is 18.6. The van der Waals surface area contributed by atoms with Crippen molar-refractivity contribution in [3.05, 3.63) is 33.4 Å². The van der Waals surface area contributed by atoms with Crippen LogP contribution in [0.15, 0.2) is 12.4 Å². The number of hydrogen-bond acceptors (Lipinski definition) is 6. The van der Waals surface area contributed by atoms with Gasteiger partial charge in [0.05, 0.1) is 28.3 Å². The molecule has 0 aliphatic heterocycles. The number of amides is 1. The summed E-state index contributed by atoms with van der Waals surface area (Å²) < 4.78 is 6.58. The molecule has 1 amide bonds. The summed E-state index contributed by atoms with van der Waals surface area (Å²) in [5.41, 5.74) is 0.748. The maximum absolute atomic E-state index is 12.2. The lowest BCUT2D eigenvalue weighted by atomic mass is 10.1. The number of ether oxygens (including phenoxy) is 1. The van der Waals surface area contributed by atoms with Crippen LogP contribution in [-0.4, -0.2) is 34.0 Å². The minimum absolute atomic E-state index is 0.145. The highest BCUT2D eigenvalue weighted by atomic mass is 35.5. The Morgan fingerprint density at radius 3 is 2.68 bits per heavy atom. The van der Waals surface area contributed by atoms with Gasteiger partial charge in [0, 0.05) is 19.2 Å². The topological polar surface area (TPSA) is 90.3 Å². The first-order chi connectivity index (χ1) is 11.8. The predicted octanol–water partition coefficient (Wildman–Crippen LogP) is 3.31. The van der Waals surface area contributed by atoms with Gasteiger partial charge in [-0.1, -0.05) is 11.6 Å². The fourth-order valence-electron chi connectivity index (χ4n) is 2.25. The highest BCUT2D eigenvalue weighted by molar-refractivity contribution is 7.18. The first-order valence-corrected chi connectivity index (χ1v) is 8.82. The second-order valence-corrected chi connectivity index (χ2v) is 6.71. The summed E-state index contributed by atoms with van der Waals surface area (Å²) in [5, 5.41) is 7.50. The van der Waals surface area contributed by atoms with Gasteiger partial charge in [-0.2, -0.15) is 5.10 Å². The van der Waals surface area contributed by atoms with Gasteiger partial charge in [0.25, 0.3) is 0 Å². The number of Topliss-reactive ketones (excluding diaryl/α,β-unsaturated/α-hetero) is 1. The van der Waals surface area contributed by atoms with Crippen LogP contribution in [0.3, 0.4) is 0 Å². The molecule has 0 spiro atoms. The lowest BCUT2D eigenvalue weighted by molar-refractivity contribution is -0.116. The van der Waals surface area contributed by atoms with Crippen LogP contribution in [0.25, 0.3) is 0 Å². The number of ketones is 1. The van der Waals surface area contributed by atoms with E-state index in [1.807, 2.05) is 0 Å². The molecule has 1 N–H and O–H groups in total. The predicted molar refractivity (Wildman–Crippen MR) is 95.5 cm³/mol. The molecule has 2 heterocycles. The summed E-state index contributed by atoms with van der Waals surface area (Å²) in [5.74, 6) is -1.02. The van der Waals surface area contributed by atoms with Crippen molar-refractivity contribution in [2.45, 2.75) is 33.7 Å². The summed E-state index contributed by atoms with van der Waals surface area (Å²) in [6, 6.07) is 0. The Bertz CT molecular complexity index is 812. The van der Waals surface area contributed by atoms with Crippen LogP contribution in [0.1, 0.15) is 45.9 Å². The number of carbonyl (C=O) groups excluding carboxylic acids is 3. The summed E-state index contributed by atoms with van der Waals surface area (Å²) in [7, 11) is 0. The zero-order valence-corrected chi connectivity index (χ0v) is 15.7. The summed E-state index contributed by atoms with van der Waals surface area (Å²) in [6.45, 7) is 5.33. The standard InChI is InChI=1S/C16H18ClN3O4S/c1-4-24-16(23)13-9(2)14(10(3)21)25-15(13)19-12(22)5-6-20-8-11(17)7-18-20/h7-8H,4-6H2,1-3H3,(H,19,22). The number of carbonyl (C=O) groups is 3. The number of nitrogens with one attached hydrogen (secondary N) is 1. The lowest BCUT2D eigenvalue weighted by Crippen LogP contribution is -2.16. The number of aromatic nitrogens is 2. The molecule has 0 saturated carbocycles. The van der Waals surface area contributed by atoms with Crippen molar-refractivity contribution in [3.8, 4) is 0 Å². The Hall–Kier alpha value is -2.19. The third-order valence-electron chi connectivity index (χ3n) is 3.37. The third-order valence-corrected chi connectivity index (χ3v) is 4.87. The number of hydrogen-bond donors (Lipinski definition) is 1.